The van der Waals surface area contributed by atoms with Gasteiger partial charge in [-0.3, -0.25) is 0 Å². The summed E-state index contributed by atoms with van der Waals surface area (Å²) in [6.45, 7) is 6.03. The van der Waals surface area contributed by atoms with Crippen molar-refractivity contribution in [2.24, 2.45) is 0 Å². The molecule has 2 heterocycles. The Morgan fingerprint density at radius 3 is 2.76 bits per heavy atom. The smallest absolute Gasteiger partial charge is 0.0827 e. The molecule has 0 amide bonds. The van der Waals surface area contributed by atoms with E-state index in [0.29, 0.717) is 6.04 Å². The molecule has 2 N–H and O–H groups in total. The molecule has 1 radical (unpaired) electrons. The summed E-state index contributed by atoms with van der Waals surface area (Å²) in [5, 5.41) is 7.13. The van der Waals surface area contributed by atoms with Gasteiger partial charge in [-0.2, -0.15) is 0 Å². The molecule has 3 atom stereocenters. The van der Waals surface area contributed by atoms with Crippen LogP contribution in [0.2, 0.25) is 0 Å². The largest absolute Gasteiger partial charge is 0.376 e. The summed E-state index contributed by atoms with van der Waals surface area (Å²) >= 11 is 0. The van der Waals surface area contributed by atoms with E-state index in [9.17, 15) is 0 Å². The summed E-state index contributed by atoms with van der Waals surface area (Å²) < 4.78 is 6.30. The molecular formula is C18H27N2O. The summed E-state index contributed by atoms with van der Waals surface area (Å²) in [5.74, 6) is 0. The highest BCUT2D eigenvalue weighted by molar-refractivity contribution is 5.33. The molecule has 3 nitrogen and oxygen atoms in total. The fraction of sp³-hybridized carbons (Fsp3) is 0.611. The van der Waals surface area contributed by atoms with Gasteiger partial charge in [0.15, 0.2) is 0 Å². The molecule has 115 valence electrons. The molecular weight excluding hydrogens is 260 g/mol. The molecule has 21 heavy (non-hydrogen) atoms. The lowest BCUT2D eigenvalue weighted by atomic mass is 9.67. The van der Waals surface area contributed by atoms with Gasteiger partial charge in [-0.1, -0.05) is 30.3 Å². The Morgan fingerprint density at radius 1 is 1.29 bits per heavy atom. The molecule has 2 saturated heterocycles. The molecule has 2 aliphatic heterocycles. The Morgan fingerprint density at radius 2 is 2.14 bits per heavy atom. The van der Waals surface area contributed by atoms with E-state index in [1.54, 1.807) is 0 Å². The van der Waals surface area contributed by atoms with Crippen molar-refractivity contribution in [2.75, 3.05) is 26.2 Å². The normalized spacial score (nSPS) is 26.6. The molecule has 3 heteroatoms. The van der Waals surface area contributed by atoms with Crippen molar-refractivity contribution in [1.29, 1.82) is 0 Å². The van der Waals surface area contributed by atoms with Crippen molar-refractivity contribution in [3.8, 4) is 0 Å². The molecule has 0 aromatic heterocycles. The fourth-order valence-electron chi connectivity index (χ4n) is 3.96. The second kappa shape index (κ2) is 6.91. The van der Waals surface area contributed by atoms with Crippen LogP contribution in [0.4, 0.5) is 0 Å². The predicted octanol–water partition coefficient (Wildman–Crippen LogP) is 2.28. The van der Waals surface area contributed by atoms with E-state index in [1.807, 2.05) is 0 Å². The van der Waals surface area contributed by atoms with Crippen molar-refractivity contribution in [3.05, 3.63) is 42.3 Å². The van der Waals surface area contributed by atoms with Crippen LogP contribution < -0.4 is 10.6 Å². The Hall–Kier alpha value is -0.900. The van der Waals surface area contributed by atoms with Gasteiger partial charge in [0.1, 0.15) is 0 Å². The fourth-order valence-corrected chi connectivity index (χ4v) is 3.96. The number of piperidine rings is 1. The quantitative estimate of drug-likeness (QED) is 0.872. The van der Waals surface area contributed by atoms with Crippen LogP contribution >= 0.6 is 0 Å². The van der Waals surface area contributed by atoms with E-state index in [4.69, 9.17) is 4.74 Å². The molecule has 1 aromatic rings. The molecule has 2 aliphatic rings. The van der Waals surface area contributed by atoms with Crippen molar-refractivity contribution in [1.82, 2.24) is 10.6 Å². The second-order valence-electron chi connectivity index (χ2n) is 6.14. The molecule has 1 aromatic carbocycles. The van der Waals surface area contributed by atoms with Crippen molar-refractivity contribution >= 4 is 0 Å². The lowest BCUT2D eigenvalue weighted by Gasteiger charge is -2.46. The maximum atomic E-state index is 6.30. The number of ether oxygens (including phenoxy) is 1. The summed E-state index contributed by atoms with van der Waals surface area (Å²) in [7, 11) is 0. The maximum Gasteiger partial charge on any atom is 0.0827 e. The first-order valence-corrected chi connectivity index (χ1v) is 8.32. The van der Waals surface area contributed by atoms with Crippen molar-refractivity contribution < 1.29 is 4.74 Å². The number of hydrogen-bond acceptors (Lipinski definition) is 3. The molecule has 3 unspecified atom stereocenters. The summed E-state index contributed by atoms with van der Waals surface area (Å²) in [6.07, 6.45) is 6.28. The molecule has 2 fully saturated rings. The second-order valence-corrected chi connectivity index (χ2v) is 6.14. The van der Waals surface area contributed by atoms with E-state index in [2.05, 4.69) is 54.3 Å². The van der Waals surface area contributed by atoms with Gasteiger partial charge in [-0.05, 0) is 57.8 Å². The third-order valence-electron chi connectivity index (χ3n) is 4.96. The predicted molar refractivity (Wildman–Crippen MR) is 86.3 cm³/mol. The summed E-state index contributed by atoms with van der Waals surface area (Å²) in [5.41, 5.74) is 1.43. The lowest BCUT2D eigenvalue weighted by molar-refractivity contribution is -0.0154. The van der Waals surface area contributed by atoms with Gasteiger partial charge >= 0.3 is 0 Å². The minimum Gasteiger partial charge on any atom is -0.376 e. The highest BCUT2D eigenvalue weighted by Gasteiger charge is 2.46. The van der Waals surface area contributed by atoms with E-state index in [1.165, 1.54) is 18.4 Å². The number of nitrogens with one attached hydrogen (secondary N) is 2. The van der Waals surface area contributed by atoms with Crippen LogP contribution in [0.3, 0.4) is 0 Å². The molecule has 0 spiro atoms. The van der Waals surface area contributed by atoms with Crippen molar-refractivity contribution in [3.63, 3.8) is 0 Å². The first-order chi connectivity index (χ1) is 10.4. The zero-order valence-electron chi connectivity index (χ0n) is 13.0. The van der Waals surface area contributed by atoms with Gasteiger partial charge in [-0.15, -0.1) is 0 Å². The van der Waals surface area contributed by atoms with Gasteiger partial charge in [-0.25, -0.2) is 0 Å². The molecule has 0 saturated carbocycles. The van der Waals surface area contributed by atoms with Crippen LogP contribution in [0, 0.1) is 6.42 Å². The van der Waals surface area contributed by atoms with Crippen LogP contribution in [0.5, 0.6) is 0 Å². The lowest BCUT2D eigenvalue weighted by Crippen LogP contribution is -2.56. The SMILES string of the molecule is CCOC(C1CCCN1)C1(c2ccccc2)[CH]CNCC1. The third-order valence-corrected chi connectivity index (χ3v) is 4.96. The molecule has 0 bridgehead atoms. The van der Waals surface area contributed by atoms with E-state index in [0.717, 1.165) is 32.7 Å². The van der Waals surface area contributed by atoms with Gasteiger partial charge in [0, 0.05) is 18.1 Å². The topological polar surface area (TPSA) is 33.3 Å². The minimum atomic E-state index is 0.0323. The van der Waals surface area contributed by atoms with Gasteiger partial charge in [0.05, 0.1) is 6.10 Å². The highest BCUT2D eigenvalue weighted by Crippen LogP contribution is 2.40. The highest BCUT2D eigenvalue weighted by atomic mass is 16.5. The Labute approximate surface area is 128 Å². The van der Waals surface area contributed by atoms with E-state index < -0.39 is 0 Å². The van der Waals surface area contributed by atoms with Gasteiger partial charge in [0.25, 0.3) is 0 Å². The Kier molecular flexibility index (Phi) is 4.94. The zero-order valence-corrected chi connectivity index (χ0v) is 13.0. The first-order valence-electron chi connectivity index (χ1n) is 8.32. The van der Waals surface area contributed by atoms with Crippen molar-refractivity contribution in [2.45, 2.75) is 43.7 Å². The molecule has 0 aliphatic carbocycles. The van der Waals surface area contributed by atoms with Crippen LogP contribution in [-0.2, 0) is 10.2 Å². The molecule has 3 rings (SSSR count). The van der Waals surface area contributed by atoms with E-state index >= 15 is 0 Å². The van der Waals surface area contributed by atoms with Crippen LogP contribution in [0.15, 0.2) is 30.3 Å². The van der Waals surface area contributed by atoms with Crippen LogP contribution in [-0.4, -0.2) is 38.4 Å². The third kappa shape index (κ3) is 3.01. The number of benzene rings is 1. The van der Waals surface area contributed by atoms with Crippen LogP contribution in [0.25, 0.3) is 0 Å². The number of rotatable bonds is 5. The average molecular weight is 287 g/mol. The van der Waals surface area contributed by atoms with Gasteiger partial charge in [0.2, 0.25) is 0 Å². The monoisotopic (exact) mass is 287 g/mol. The average Bonchev–Trinajstić information content (AvgIpc) is 3.08. The van der Waals surface area contributed by atoms with Crippen LogP contribution in [0.1, 0.15) is 31.7 Å². The minimum absolute atomic E-state index is 0.0323. The maximum absolute atomic E-state index is 6.30. The Bertz CT molecular complexity index is 422. The number of hydrogen-bond donors (Lipinski definition) is 2. The van der Waals surface area contributed by atoms with E-state index in [-0.39, 0.29) is 11.5 Å². The zero-order chi connectivity index (χ0) is 14.5. The first kappa shape index (κ1) is 15.0. The standard InChI is InChI=1S/C18H27N2O/c1-2-21-17(16-9-6-12-20-16)18(10-13-19-14-11-18)15-7-4-3-5-8-15/h3-5,7-8,10,16-17,19-20H,2,6,9,11-14H2,1H3. The summed E-state index contributed by atoms with van der Waals surface area (Å²) in [4.78, 5) is 0. The Balaban J connectivity index is 1.95. The summed E-state index contributed by atoms with van der Waals surface area (Å²) in [6, 6.07) is 11.4. The van der Waals surface area contributed by atoms with Gasteiger partial charge < -0.3 is 15.4 Å².